The average molecular weight is 272 g/mol. The van der Waals surface area contributed by atoms with Gasteiger partial charge in [0.2, 0.25) is 0 Å². The van der Waals surface area contributed by atoms with Crippen molar-refractivity contribution in [2.75, 3.05) is 0 Å². The summed E-state index contributed by atoms with van der Waals surface area (Å²) in [7, 11) is 0. The number of nitrogens with one attached hydrogen (secondary N) is 2. The summed E-state index contributed by atoms with van der Waals surface area (Å²) in [6.45, 7) is 4.00. The molecule has 2 aliphatic rings. The second-order valence-corrected chi connectivity index (χ2v) is 4.28. The van der Waals surface area contributed by atoms with Crippen LogP contribution in [0.5, 0.6) is 0 Å². The molecule has 0 unspecified atom stereocenters. The van der Waals surface area contributed by atoms with E-state index in [1.807, 2.05) is 13.8 Å². The van der Waals surface area contributed by atoms with E-state index in [1.165, 1.54) is 23.5 Å². The summed E-state index contributed by atoms with van der Waals surface area (Å²) in [4.78, 5) is 23.6. The largest absolute Gasteiger partial charge is 0.328 e. The Bertz CT molecular complexity index is 351. The van der Waals surface area contributed by atoms with Gasteiger partial charge in [0.15, 0.2) is 0 Å². The molecule has 2 rings (SSSR count). The number of amides is 2. The Labute approximate surface area is 110 Å². The summed E-state index contributed by atoms with van der Waals surface area (Å²) in [5, 5.41) is 8.53. The molecule has 0 aromatic rings. The molecular weight excluding hydrogens is 256 g/mol. The van der Waals surface area contributed by atoms with E-state index in [0.29, 0.717) is 9.81 Å². The molecule has 0 bridgehead atoms. The van der Waals surface area contributed by atoms with Crippen LogP contribution >= 0.6 is 23.5 Å². The van der Waals surface area contributed by atoms with Crippen LogP contribution in [0.15, 0.2) is 33.0 Å². The maximum Gasteiger partial charge on any atom is 0.263 e. The summed E-state index contributed by atoms with van der Waals surface area (Å²) in [5.41, 5.74) is 0. The van der Waals surface area contributed by atoms with Gasteiger partial charge in [0, 0.05) is 12.4 Å². The van der Waals surface area contributed by atoms with Crippen molar-refractivity contribution < 1.29 is 9.59 Å². The van der Waals surface area contributed by atoms with Crippen molar-refractivity contribution in [3.05, 3.63) is 33.0 Å². The highest BCUT2D eigenvalue weighted by Crippen LogP contribution is 2.32. The van der Waals surface area contributed by atoms with E-state index in [0.717, 1.165) is 0 Å². The van der Waals surface area contributed by atoms with Crippen molar-refractivity contribution in [2.24, 2.45) is 0 Å². The highest BCUT2D eigenvalue weighted by Gasteiger charge is 2.23. The van der Waals surface area contributed by atoms with Gasteiger partial charge in [-0.1, -0.05) is 44.8 Å². The minimum atomic E-state index is -0.231. The second kappa shape index (κ2) is 8.03. The Morgan fingerprint density at radius 1 is 0.882 bits per heavy atom. The monoisotopic (exact) mass is 272 g/mol. The smallest absolute Gasteiger partial charge is 0.263 e. The van der Waals surface area contributed by atoms with Crippen molar-refractivity contribution in [3.8, 4) is 0 Å². The van der Waals surface area contributed by atoms with Gasteiger partial charge in [-0.15, -0.1) is 0 Å². The van der Waals surface area contributed by atoms with E-state index in [9.17, 15) is 9.59 Å². The number of carbonyl (C=O) groups is 2. The zero-order chi connectivity index (χ0) is 12.0. The van der Waals surface area contributed by atoms with E-state index in [1.54, 1.807) is 23.2 Å². The van der Waals surface area contributed by atoms with Crippen LogP contribution in [0, 0.1) is 0 Å². The molecule has 4 nitrogen and oxygen atoms in total. The van der Waals surface area contributed by atoms with Gasteiger partial charge in [-0.05, 0) is 10.8 Å². The van der Waals surface area contributed by atoms with E-state index < -0.39 is 0 Å². The Morgan fingerprint density at radius 2 is 1.24 bits per heavy atom. The molecule has 2 amide bonds. The summed E-state index contributed by atoms with van der Waals surface area (Å²) in [6, 6.07) is 0. The minimum Gasteiger partial charge on any atom is -0.328 e. The lowest BCUT2D eigenvalue weighted by atomic mass is 10.4. The van der Waals surface area contributed by atoms with Gasteiger partial charge in [0.25, 0.3) is 11.8 Å². The first-order chi connectivity index (χ1) is 7.79. The fourth-order valence-electron chi connectivity index (χ4n) is 0.975. The standard InChI is InChI=1S/C8H6N2O2S2.C2H6.CH4/c11-7-5(13-3-1-9-7)6-8(12)10-2-4-14-6;1-2;/h1-4H,(H,9,11)(H,10,12);1-2H3;1H4/b6-5-;;. The Kier molecular flexibility index (Phi) is 7.49. The number of thioether (sulfide) groups is 2. The molecule has 0 saturated heterocycles. The molecule has 2 aliphatic heterocycles. The van der Waals surface area contributed by atoms with Gasteiger partial charge in [-0.3, -0.25) is 9.59 Å². The van der Waals surface area contributed by atoms with Crippen molar-refractivity contribution in [1.29, 1.82) is 0 Å². The van der Waals surface area contributed by atoms with Crippen molar-refractivity contribution in [1.82, 2.24) is 10.6 Å². The molecule has 2 N–H and O–H groups in total. The molecule has 0 aromatic carbocycles. The molecular formula is C11H16N2O2S2. The first-order valence-electron chi connectivity index (χ1n) is 4.78. The van der Waals surface area contributed by atoms with Gasteiger partial charge in [0.1, 0.15) is 0 Å². The van der Waals surface area contributed by atoms with Crippen LogP contribution < -0.4 is 10.6 Å². The van der Waals surface area contributed by atoms with E-state index in [-0.39, 0.29) is 19.2 Å². The van der Waals surface area contributed by atoms with Crippen LogP contribution in [0.25, 0.3) is 0 Å². The first kappa shape index (κ1) is 15.9. The third kappa shape index (κ3) is 3.98. The average Bonchev–Trinajstić information content (AvgIpc) is 2.34. The summed E-state index contributed by atoms with van der Waals surface area (Å²) < 4.78 is 0. The lowest BCUT2D eigenvalue weighted by Gasteiger charge is -2.14. The Hall–Kier alpha value is -1.14. The zero-order valence-electron chi connectivity index (χ0n) is 8.94. The molecule has 0 fully saturated rings. The molecule has 6 heteroatoms. The van der Waals surface area contributed by atoms with Crippen molar-refractivity contribution >= 4 is 35.3 Å². The molecule has 0 saturated carbocycles. The second-order valence-electron chi connectivity index (χ2n) is 2.45. The van der Waals surface area contributed by atoms with E-state index >= 15 is 0 Å². The molecule has 2 heterocycles. The van der Waals surface area contributed by atoms with Gasteiger partial charge >= 0.3 is 0 Å². The van der Waals surface area contributed by atoms with Crippen LogP contribution in [0.2, 0.25) is 0 Å². The molecule has 0 aromatic heterocycles. The number of rotatable bonds is 0. The van der Waals surface area contributed by atoms with E-state index in [2.05, 4.69) is 10.6 Å². The number of hydrogen-bond donors (Lipinski definition) is 2. The van der Waals surface area contributed by atoms with Crippen LogP contribution in [-0.4, -0.2) is 11.8 Å². The van der Waals surface area contributed by atoms with Crippen LogP contribution in [-0.2, 0) is 9.59 Å². The normalized spacial score (nSPS) is 21.8. The van der Waals surface area contributed by atoms with Gasteiger partial charge in [0.05, 0.1) is 9.81 Å². The van der Waals surface area contributed by atoms with Crippen LogP contribution in [0.1, 0.15) is 21.3 Å². The summed E-state index contributed by atoms with van der Waals surface area (Å²) in [5.74, 6) is -0.462. The van der Waals surface area contributed by atoms with Gasteiger partial charge in [-0.25, -0.2) is 0 Å². The lowest BCUT2D eigenvalue weighted by Crippen LogP contribution is -2.27. The highest BCUT2D eigenvalue weighted by atomic mass is 32.2. The molecule has 94 valence electrons. The van der Waals surface area contributed by atoms with Gasteiger partial charge in [-0.2, -0.15) is 0 Å². The molecule has 0 spiro atoms. The predicted octanol–water partition coefficient (Wildman–Crippen LogP) is 2.53. The zero-order valence-corrected chi connectivity index (χ0v) is 10.6. The number of hydrogen-bond acceptors (Lipinski definition) is 4. The fourth-order valence-corrected chi connectivity index (χ4v) is 2.54. The third-order valence-corrected chi connectivity index (χ3v) is 3.48. The van der Waals surface area contributed by atoms with Crippen LogP contribution in [0.3, 0.4) is 0 Å². The number of carbonyl (C=O) groups excluding carboxylic acids is 2. The maximum atomic E-state index is 11.4. The topological polar surface area (TPSA) is 58.2 Å². The maximum absolute atomic E-state index is 11.4. The van der Waals surface area contributed by atoms with Crippen molar-refractivity contribution in [3.63, 3.8) is 0 Å². The van der Waals surface area contributed by atoms with E-state index in [4.69, 9.17) is 0 Å². The molecule has 0 aliphatic carbocycles. The summed E-state index contributed by atoms with van der Waals surface area (Å²) >= 11 is 2.51. The van der Waals surface area contributed by atoms with Gasteiger partial charge < -0.3 is 10.6 Å². The lowest BCUT2D eigenvalue weighted by molar-refractivity contribution is -0.118. The molecule has 0 atom stereocenters. The Morgan fingerprint density at radius 3 is 1.53 bits per heavy atom. The predicted molar refractivity (Wildman–Crippen MR) is 74.9 cm³/mol. The van der Waals surface area contributed by atoms with Crippen LogP contribution in [0.4, 0.5) is 0 Å². The molecule has 0 radical (unpaired) electrons. The quantitative estimate of drug-likeness (QED) is 0.665. The summed E-state index contributed by atoms with van der Waals surface area (Å²) in [6.07, 6.45) is 3.11. The highest BCUT2D eigenvalue weighted by molar-refractivity contribution is 8.10. The first-order valence-corrected chi connectivity index (χ1v) is 6.54. The third-order valence-electron chi connectivity index (χ3n) is 1.56. The molecule has 17 heavy (non-hydrogen) atoms. The SMILES string of the molecule is C.CC.O=C1NC=CS/C1=C1\SC=CNC1=O. The van der Waals surface area contributed by atoms with Crippen molar-refractivity contribution in [2.45, 2.75) is 21.3 Å². The fraction of sp³-hybridized carbons (Fsp3) is 0.273. The Balaban J connectivity index is 0.000000811. The minimum absolute atomic E-state index is 0.